The number of pyridine rings is 1. The molecule has 0 aliphatic carbocycles. The van der Waals surface area contributed by atoms with Crippen LogP contribution in [0.3, 0.4) is 0 Å². The van der Waals surface area contributed by atoms with Gasteiger partial charge in [-0.3, -0.25) is 4.68 Å². The van der Waals surface area contributed by atoms with Crippen LogP contribution in [-0.4, -0.2) is 24.5 Å². The van der Waals surface area contributed by atoms with E-state index in [2.05, 4.69) is 15.2 Å². The zero-order valence-electron chi connectivity index (χ0n) is 14.7. The molecule has 138 valence electrons. The first-order valence-corrected chi connectivity index (χ1v) is 8.45. The lowest BCUT2D eigenvalue weighted by Gasteiger charge is -2.08. The second kappa shape index (κ2) is 6.53. The lowest BCUT2D eigenvalue weighted by atomic mass is 10.1. The van der Waals surface area contributed by atoms with Gasteiger partial charge in [-0.25, -0.2) is 22.8 Å². The molecule has 1 aromatic carbocycles. The molecule has 4 aromatic rings. The quantitative estimate of drug-likeness (QED) is 0.523. The maximum Gasteiger partial charge on any atom is 0.264 e. The maximum absolute atomic E-state index is 13.7. The van der Waals surface area contributed by atoms with Crippen LogP contribution in [0.5, 0.6) is 0 Å². The number of rotatable bonds is 4. The van der Waals surface area contributed by atoms with E-state index in [1.54, 1.807) is 10.9 Å². The Balaban J connectivity index is 1.97. The van der Waals surface area contributed by atoms with Gasteiger partial charge in [-0.1, -0.05) is 0 Å². The molecule has 0 unspecified atom stereocenters. The summed E-state index contributed by atoms with van der Waals surface area (Å²) in [4.78, 5) is 4.58. The predicted molar refractivity (Wildman–Crippen MR) is 95.4 cm³/mol. The van der Waals surface area contributed by atoms with Gasteiger partial charge in [-0.05, 0) is 44.2 Å². The minimum Gasteiger partial charge on any atom is -0.272 e. The molecule has 0 spiro atoms. The van der Waals surface area contributed by atoms with Crippen molar-refractivity contribution in [1.29, 1.82) is 0 Å². The third kappa shape index (κ3) is 2.97. The second-order valence-electron chi connectivity index (χ2n) is 6.15. The predicted octanol–water partition coefficient (Wildman–Crippen LogP) is 4.69. The molecule has 0 bridgehead atoms. The summed E-state index contributed by atoms with van der Waals surface area (Å²) in [5.41, 5.74) is 2.48. The van der Waals surface area contributed by atoms with Gasteiger partial charge in [0, 0.05) is 29.3 Å². The van der Waals surface area contributed by atoms with E-state index >= 15 is 0 Å². The van der Waals surface area contributed by atoms with Crippen molar-refractivity contribution >= 4 is 11.0 Å². The largest absolute Gasteiger partial charge is 0.272 e. The molecule has 0 fully saturated rings. The van der Waals surface area contributed by atoms with Gasteiger partial charge in [0.1, 0.15) is 5.82 Å². The molecule has 0 aliphatic rings. The Hall–Kier alpha value is -3.16. The molecule has 0 radical (unpaired) electrons. The van der Waals surface area contributed by atoms with Crippen LogP contribution in [0.2, 0.25) is 0 Å². The Labute approximate surface area is 153 Å². The summed E-state index contributed by atoms with van der Waals surface area (Å²) in [6.45, 7) is 4.42. The number of alkyl halides is 2. The highest BCUT2D eigenvalue weighted by molar-refractivity contribution is 5.84. The van der Waals surface area contributed by atoms with Crippen LogP contribution in [0.1, 0.15) is 24.6 Å². The SMILES string of the molecule is CCn1cc(-c2cc(C(F)F)c3cnn(-c4ccc(F)cc4)c3n2)c(C)n1. The summed E-state index contributed by atoms with van der Waals surface area (Å²) in [7, 11) is 0. The van der Waals surface area contributed by atoms with E-state index in [1.807, 2.05) is 13.8 Å². The number of hydrogen-bond donors (Lipinski definition) is 0. The number of benzene rings is 1. The van der Waals surface area contributed by atoms with Crippen LogP contribution >= 0.6 is 0 Å². The van der Waals surface area contributed by atoms with Crippen molar-refractivity contribution in [2.45, 2.75) is 26.8 Å². The fraction of sp³-hybridized carbons (Fsp3) is 0.211. The van der Waals surface area contributed by atoms with Gasteiger partial charge >= 0.3 is 0 Å². The normalized spacial score (nSPS) is 11.6. The standard InChI is InChI=1S/C19H16F3N5/c1-3-26-10-16(11(2)25-26)17-8-14(18(21)22)15-9-23-27(19(15)24-17)13-6-4-12(20)5-7-13/h4-10,18H,3H2,1-2H3. The first-order valence-electron chi connectivity index (χ1n) is 8.45. The van der Waals surface area contributed by atoms with E-state index < -0.39 is 6.43 Å². The minimum absolute atomic E-state index is 0.146. The lowest BCUT2D eigenvalue weighted by molar-refractivity contribution is 0.153. The number of hydrogen-bond acceptors (Lipinski definition) is 3. The molecule has 0 saturated carbocycles. The fourth-order valence-corrected chi connectivity index (χ4v) is 3.05. The summed E-state index contributed by atoms with van der Waals surface area (Å²) < 4.78 is 43.8. The zero-order valence-corrected chi connectivity index (χ0v) is 14.7. The molecule has 0 amide bonds. The molecular formula is C19H16F3N5. The van der Waals surface area contributed by atoms with Gasteiger partial charge < -0.3 is 0 Å². The molecule has 5 nitrogen and oxygen atoms in total. The monoisotopic (exact) mass is 371 g/mol. The molecule has 0 N–H and O–H groups in total. The number of fused-ring (bicyclic) bond motifs is 1. The number of halogens is 3. The summed E-state index contributed by atoms with van der Waals surface area (Å²) >= 11 is 0. The Morgan fingerprint density at radius 3 is 2.52 bits per heavy atom. The highest BCUT2D eigenvalue weighted by atomic mass is 19.3. The first kappa shape index (κ1) is 17.3. The van der Waals surface area contributed by atoms with Crippen LogP contribution < -0.4 is 0 Å². The summed E-state index contributed by atoms with van der Waals surface area (Å²) in [6, 6.07) is 7.01. The Morgan fingerprint density at radius 1 is 1.15 bits per heavy atom. The van der Waals surface area contributed by atoms with Crippen LogP contribution in [0.15, 0.2) is 42.7 Å². The average molecular weight is 371 g/mol. The van der Waals surface area contributed by atoms with Crippen molar-refractivity contribution in [2.75, 3.05) is 0 Å². The fourth-order valence-electron chi connectivity index (χ4n) is 3.05. The Bertz CT molecular complexity index is 1110. The molecule has 8 heteroatoms. The van der Waals surface area contributed by atoms with Gasteiger partial charge in [-0.15, -0.1) is 0 Å². The lowest BCUT2D eigenvalue weighted by Crippen LogP contribution is -2.00. The third-order valence-corrected chi connectivity index (χ3v) is 4.43. The van der Waals surface area contributed by atoms with Crippen molar-refractivity contribution in [3.63, 3.8) is 0 Å². The molecule has 0 atom stereocenters. The van der Waals surface area contributed by atoms with Crippen molar-refractivity contribution in [1.82, 2.24) is 24.5 Å². The van der Waals surface area contributed by atoms with E-state index in [4.69, 9.17) is 0 Å². The first-order chi connectivity index (χ1) is 13.0. The minimum atomic E-state index is -2.68. The van der Waals surface area contributed by atoms with Crippen LogP contribution in [0, 0.1) is 12.7 Å². The highest BCUT2D eigenvalue weighted by Crippen LogP contribution is 2.32. The zero-order chi connectivity index (χ0) is 19.1. The van der Waals surface area contributed by atoms with Crippen molar-refractivity contribution < 1.29 is 13.2 Å². The number of aromatic nitrogens is 5. The van der Waals surface area contributed by atoms with E-state index in [1.165, 1.54) is 41.2 Å². The van der Waals surface area contributed by atoms with E-state index in [0.717, 1.165) is 0 Å². The molecule has 0 saturated heterocycles. The van der Waals surface area contributed by atoms with Crippen molar-refractivity contribution in [2.24, 2.45) is 0 Å². The van der Waals surface area contributed by atoms with Gasteiger partial charge in [0.15, 0.2) is 5.65 Å². The molecular weight excluding hydrogens is 355 g/mol. The third-order valence-electron chi connectivity index (χ3n) is 4.43. The summed E-state index contributed by atoms with van der Waals surface area (Å²) in [6.07, 6.45) is 0.470. The maximum atomic E-state index is 13.7. The van der Waals surface area contributed by atoms with Gasteiger partial charge in [0.25, 0.3) is 6.43 Å². The van der Waals surface area contributed by atoms with Gasteiger partial charge in [0.2, 0.25) is 0 Å². The highest BCUT2D eigenvalue weighted by Gasteiger charge is 2.20. The molecule has 4 rings (SSSR count). The summed E-state index contributed by atoms with van der Waals surface area (Å²) in [5, 5.41) is 8.82. The van der Waals surface area contributed by atoms with E-state index in [9.17, 15) is 13.2 Å². The second-order valence-corrected chi connectivity index (χ2v) is 6.15. The number of nitrogens with zero attached hydrogens (tertiary/aromatic N) is 5. The molecule has 3 heterocycles. The average Bonchev–Trinajstić information content (AvgIpc) is 3.24. The van der Waals surface area contributed by atoms with E-state index in [0.29, 0.717) is 29.2 Å². The molecule has 3 aromatic heterocycles. The number of aryl methyl sites for hydroxylation is 2. The smallest absolute Gasteiger partial charge is 0.264 e. The van der Waals surface area contributed by atoms with E-state index in [-0.39, 0.29) is 22.4 Å². The van der Waals surface area contributed by atoms with Crippen molar-refractivity contribution in [3.05, 3.63) is 59.8 Å². The van der Waals surface area contributed by atoms with Crippen molar-refractivity contribution in [3.8, 4) is 16.9 Å². The van der Waals surface area contributed by atoms with Gasteiger partial charge in [-0.2, -0.15) is 10.2 Å². The topological polar surface area (TPSA) is 48.5 Å². The Morgan fingerprint density at radius 2 is 1.89 bits per heavy atom. The molecule has 0 aliphatic heterocycles. The van der Waals surface area contributed by atoms with Crippen LogP contribution in [0.25, 0.3) is 28.0 Å². The van der Waals surface area contributed by atoms with Crippen LogP contribution in [-0.2, 0) is 6.54 Å². The van der Waals surface area contributed by atoms with Gasteiger partial charge in [0.05, 0.1) is 23.3 Å². The Kier molecular flexibility index (Phi) is 4.18. The molecule has 27 heavy (non-hydrogen) atoms. The summed E-state index contributed by atoms with van der Waals surface area (Å²) in [5.74, 6) is -0.389. The van der Waals surface area contributed by atoms with Crippen LogP contribution in [0.4, 0.5) is 13.2 Å².